The Morgan fingerprint density at radius 3 is 2.58 bits per heavy atom. The summed E-state index contributed by atoms with van der Waals surface area (Å²) in [6.07, 6.45) is 1.64. The average Bonchev–Trinajstić information content (AvgIpc) is 2.90. The highest BCUT2D eigenvalue weighted by Crippen LogP contribution is 2.25. The van der Waals surface area contributed by atoms with Crippen LogP contribution in [0.5, 0.6) is 0 Å². The maximum atomic E-state index is 12.5. The van der Waals surface area contributed by atoms with Crippen molar-refractivity contribution in [1.29, 1.82) is 0 Å². The van der Waals surface area contributed by atoms with Crippen LogP contribution in [0.2, 0.25) is 5.02 Å². The Labute approximate surface area is 143 Å². The minimum absolute atomic E-state index is 0.293. The number of carbonyl (C=O) groups is 1. The van der Waals surface area contributed by atoms with E-state index in [1.807, 2.05) is 12.1 Å². The molecule has 3 rings (SSSR count). The van der Waals surface area contributed by atoms with Crippen molar-refractivity contribution in [2.45, 2.75) is 13.8 Å². The number of halogens is 1. The van der Waals surface area contributed by atoms with E-state index in [1.54, 1.807) is 44.3 Å². The molecule has 2 aromatic heterocycles. The number of aryl methyl sites for hydroxylation is 2. The maximum absolute atomic E-state index is 12.5. The first kappa shape index (κ1) is 16.0. The number of anilines is 3. The number of rotatable bonds is 4. The first-order valence-electron chi connectivity index (χ1n) is 7.26. The Morgan fingerprint density at radius 1 is 1.17 bits per heavy atom. The number of benzene rings is 1. The first-order valence-corrected chi connectivity index (χ1v) is 7.64. The van der Waals surface area contributed by atoms with Crippen molar-refractivity contribution < 1.29 is 9.32 Å². The van der Waals surface area contributed by atoms with Gasteiger partial charge in [-0.1, -0.05) is 16.8 Å². The topological polar surface area (TPSA) is 80.1 Å². The zero-order valence-electron chi connectivity index (χ0n) is 13.1. The lowest BCUT2D eigenvalue weighted by molar-refractivity contribution is 0.102. The van der Waals surface area contributed by atoms with Crippen LogP contribution < -0.4 is 10.6 Å². The van der Waals surface area contributed by atoms with E-state index in [1.165, 1.54) is 0 Å². The van der Waals surface area contributed by atoms with Gasteiger partial charge >= 0.3 is 0 Å². The molecule has 0 atom stereocenters. The Kier molecular flexibility index (Phi) is 4.48. The van der Waals surface area contributed by atoms with E-state index in [2.05, 4.69) is 20.8 Å². The fourth-order valence-electron chi connectivity index (χ4n) is 2.27. The minimum atomic E-state index is -0.293. The number of hydrogen-bond donors (Lipinski definition) is 2. The fourth-order valence-corrected chi connectivity index (χ4v) is 2.39. The molecule has 0 aliphatic rings. The molecule has 0 bridgehead atoms. The number of nitrogens with zero attached hydrogens (tertiary/aromatic N) is 2. The Balaban J connectivity index is 1.84. The second-order valence-electron chi connectivity index (χ2n) is 5.18. The Bertz CT molecular complexity index is 855. The van der Waals surface area contributed by atoms with Crippen LogP contribution in [0.3, 0.4) is 0 Å². The van der Waals surface area contributed by atoms with Crippen LogP contribution in [0.1, 0.15) is 21.8 Å². The second-order valence-corrected chi connectivity index (χ2v) is 5.62. The van der Waals surface area contributed by atoms with Crippen LogP contribution >= 0.6 is 11.6 Å². The summed E-state index contributed by atoms with van der Waals surface area (Å²) in [6.45, 7) is 3.42. The molecule has 1 amide bonds. The van der Waals surface area contributed by atoms with Gasteiger partial charge < -0.3 is 15.2 Å². The third-order valence-corrected chi connectivity index (χ3v) is 3.68. The number of pyridine rings is 1. The molecular weight excluding hydrogens is 328 g/mol. The molecular formula is C17H15ClN4O2. The average molecular weight is 343 g/mol. The maximum Gasteiger partial charge on any atom is 0.261 e. The van der Waals surface area contributed by atoms with Crippen molar-refractivity contribution in [3.05, 3.63) is 64.6 Å². The zero-order chi connectivity index (χ0) is 17.1. The summed E-state index contributed by atoms with van der Waals surface area (Å²) in [5, 5.41) is 10.4. The molecule has 0 aliphatic carbocycles. The molecule has 0 spiro atoms. The van der Waals surface area contributed by atoms with E-state index in [9.17, 15) is 4.79 Å². The summed E-state index contributed by atoms with van der Waals surface area (Å²) in [6, 6.07) is 10.7. The molecule has 122 valence electrons. The van der Waals surface area contributed by atoms with Crippen molar-refractivity contribution in [2.24, 2.45) is 0 Å². The van der Waals surface area contributed by atoms with Crippen LogP contribution in [0.25, 0.3) is 0 Å². The van der Waals surface area contributed by atoms with Gasteiger partial charge in [-0.05, 0) is 50.2 Å². The van der Waals surface area contributed by atoms with Gasteiger partial charge in [0.05, 0.1) is 11.4 Å². The van der Waals surface area contributed by atoms with Crippen LogP contribution in [0.15, 0.2) is 47.1 Å². The largest absolute Gasteiger partial charge is 0.361 e. The van der Waals surface area contributed by atoms with Gasteiger partial charge in [-0.2, -0.15) is 0 Å². The third kappa shape index (κ3) is 3.38. The molecule has 2 heterocycles. The molecule has 2 N–H and O–H groups in total. The van der Waals surface area contributed by atoms with Gasteiger partial charge in [0.25, 0.3) is 5.91 Å². The lowest BCUT2D eigenvalue weighted by Crippen LogP contribution is -2.15. The number of carbonyl (C=O) groups excluding carboxylic acids is 1. The summed E-state index contributed by atoms with van der Waals surface area (Å²) in [5.41, 5.74) is 2.33. The van der Waals surface area contributed by atoms with Gasteiger partial charge in [0.15, 0.2) is 5.82 Å². The van der Waals surface area contributed by atoms with E-state index in [4.69, 9.17) is 16.1 Å². The van der Waals surface area contributed by atoms with Gasteiger partial charge in [-0.25, -0.2) is 4.98 Å². The number of nitrogens with one attached hydrogen (secondary N) is 2. The van der Waals surface area contributed by atoms with E-state index in [0.29, 0.717) is 33.5 Å². The van der Waals surface area contributed by atoms with Crippen molar-refractivity contribution in [2.75, 3.05) is 10.6 Å². The predicted molar refractivity (Wildman–Crippen MR) is 92.9 cm³/mol. The number of aromatic nitrogens is 2. The normalized spacial score (nSPS) is 10.5. The highest BCUT2D eigenvalue weighted by molar-refractivity contribution is 6.30. The molecule has 24 heavy (non-hydrogen) atoms. The predicted octanol–water partition coefficient (Wildman–Crippen LogP) is 4.34. The SMILES string of the molecule is Cc1noc(C)c1C(=O)Nc1cccnc1Nc1ccc(Cl)cc1. The summed E-state index contributed by atoms with van der Waals surface area (Å²) < 4.78 is 5.04. The van der Waals surface area contributed by atoms with E-state index in [0.717, 1.165) is 5.69 Å². The molecule has 3 aromatic rings. The summed E-state index contributed by atoms with van der Waals surface area (Å²) in [5.74, 6) is 0.708. The Morgan fingerprint density at radius 2 is 1.92 bits per heavy atom. The van der Waals surface area contributed by atoms with Crippen LogP contribution in [0, 0.1) is 13.8 Å². The van der Waals surface area contributed by atoms with Gasteiger partial charge in [-0.15, -0.1) is 0 Å². The quantitative estimate of drug-likeness (QED) is 0.737. The molecule has 0 saturated heterocycles. The highest BCUT2D eigenvalue weighted by Gasteiger charge is 2.18. The van der Waals surface area contributed by atoms with Crippen molar-refractivity contribution in [1.82, 2.24) is 10.1 Å². The van der Waals surface area contributed by atoms with Crippen LogP contribution in [0.4, 0.5) is 17.2 Å². The fraction of sp³-hybridized carbons (Fsp3) is 0.118. The van der Waals surface area contributed by atoms with Gasteiger partial charge in [0.1, 0.15) is 11.3 Å². The third-order valence-electron chi connectivity index (χ3n) is 3.42. The Hall–Kier alpha value is -2.86. The smallest absolute Gasteiger partial charge is 0.261 e. The van der Waals surface area contributed by atoms with Crippen LogP contribution in [-0.2, 0) is 0 Å². The molecule has 1 aromatic carbocycles. The summed E-state index contributed by atoms with van der Waals surface area (Å²) in [4.78, 5) is 16.8. The summed E-state index contributed by atoms with van der Waals surface area (Å²) >= 11 is 5.89. The highest BCUT2D eigenvalue weighted by atomic mass is 35.5. The lowest BCUT2D eigenvalue weighted by atomic mass is 10.2. The molecule has 6 nitrogen and oxygen atoms in total. The minimum Gasteiger partial charge on any atom is -0.361 e. The molecule has 0 unspecified atom stereocenters. The first-order chi connectivity index (χ1) is 11.5. The number of amides is 1. The molecule has 7 heteroatoms. The lowest BCUT2D eigenvalue weighted by Gasteiger charge is -2.12. The van der Waals surface area contributed by atoms with Gasteiger partial charge in [0.2, 0.25) is 0 Å². The van der Waals surface area contributed by atoms with Crippen molar-refractivity contribution >= 4 is 34.7 Å². The molecule has 0 radical (unpaired) electrons. The van der Waals surface area contributed by atoms with Gasteiger partial charge in [0, 0.05) is 16.9 Å². The zero-order valence-corrected chi connectivity index (χ0v) is 13.9. The van der Waals surface area contributed by atoms with Crippen LogP contribution in [-0.4, -0.2) is 16.0 Å². The molecule has 0 aliphatic heterocycles. The standard InChI is InChI=1S/C17H15ClN4O2/c1-10-15(11(2)24-22-10)17(23)21-14-4-3-9-19-16(14)20-13-7-5-12(18)6-8-13/h3-9H,1-2H3,(H,19,20)(H,21,23). The number of hydrogen-bond acceptors (Lipinski definition) is 5. The molecule has 0 fully saturated rings. The second kappa shape index (κ2) is 6.72. The van der Waals surface area contributed by atoms with Gasteiger partial charge in [-0.3, -0.25) is 4.79 Å². The molecule has 0 saturated carbocycles. The van der Waals surface area contributed by atoms with Crippen molar-refractivity contribution in [3.8, 4) is 0 Å². The van der Waals surface area contributed by atoms with E-state index < -0.39 is 0 Å². The van der Waals surface area contributed by atoms with E-state index >= 15 is 0 Å². The van der Waals surface area contributed by atoms with E-state index in [-0.39, 0.29) is 5.91 Å². The summed E-state index contributed by atoms with van der Waals surface area (Å²) in [7, 11) is 0. The monoisotopic (exact) mass is 342 g/mol. The van der Waals surface area contributed by atoms with Crippen molar-refractivity contribution in [3.63, 3.8) is 0 Å².